The maximum atomic E-state index is 13.1. The van der Waals surface area contributed by atoms with Crippen molar-refractivity contribution in [2.75, 3.05) is 13.2 Å². The highest BCUT2D eigenvalue weighted by Crippen LogP contribution is 2.47. The van der Waals surface area contributed by atoms with Crippen LogP contribution >= 0.6 is 11.8 Å². The number of aliphatic hydroxyl groups excluding tert-OH is 1. The number of β-lactam (4-membered cyclic amide) rings is 1. The molecule has 2 aliphatic rings. The van der Waals surface area contributed by atoms with Gasteiger partial charge in [-0.2, -0.15) is 0 Å². The second-order valence-electron chi connectivity index (χ2n) is 10.0. The lowest BCUT2D eigenvalue weighted by Crippen LogP contribution is -2.61. The Morgan fingerprint density at radius 2 is 1.57 bits per heavy atom. The summed E-state index contributed by atoms with van der Waals surface area (Å²) in [6.45, 7) is 0.936. The Morgan fingerprint density at radius 1 is 1.00 bits per heavy atom. The number of aliphatic hydroxyl groups is 1. The molecule has 0 aliphatic carbocycles. The van der Waals surface area contributed by atoms with Crippen LogP contribution in [0.3, 0.4) is 0 Å². The van der Waals surface area contributed by atoms with Crippen LogP contribution in [0, 0.1) is 26.1 Å². The molecule has 16 nitrogen and oxygen atoms in total. The Labute approximate surface area is 265 Å². The van der Waals surface area contributed by atoms with Crippen molar-refractivity contribution in [2.24, 2.45) is 5.92 Å². The zero-order chi connectivity index (χ0) is 33.4. The molecule has 2 aromatic carbocycles. The Hall–Kier alpha value is -5.29. The van der Waals surface area contributed by atoms with Crippen LogP contribution in [0.25, 0.3) is 0 Å². The number of hydrogen-bond acceptors (Lipinski definition) is 13. The maximum Gasteiger partial charge on any atom is 0.407 e. The molecule has 0 aromatic heterocycles. The van der Waals surface area contributed by atoms with Gasteiger partial charge in [0, 0.05) is 41.7 Å². The highest BCUT2D eigenvalue weighted by Gasteiger charge is 2.57. The van der Waals surface area contributed by atoms with Gasteiger partial charge in [-0.3, -0.25) is 25.0 Å². The number of carbonyl (C=O) groups excluding carboxylic acids is 4. The number of thioether (sulfide) groups is 1. The van der Waals surface area contributed by atoms with Gasteiger partial charge in [0.05, 0.1) is 34.5 Å². The van der Waals surface area contributed by atoms with Crippen LogP contribution in [0.2, 0.25) is 0 Å². The zero-order valence-electron chi connectivity index (χ0n) is 24.2. The maximum absolute atomic E-state index is 13.1. The molecule has 1 fully saturated rings. The number of ether oxygens (including phenoxy) is 3. The van der Waals surface area contributed by atoms with Crippen LogP contribution in [0.1, 0.15) is 24.5 Å². The molecule has 4 rings (SSSR count). The minimum absolute atomic E-state index is 0.00623. The normalized spacial score (nSPS) is 17.6. The number of nitro groups is 2. The topological polar surface area (TPSA) is 218 Å². The molecule has 1 saturated heterocycles. The van der Waals surface area contributed by atoms with E-state index in [1.807, 2.05) is 0 Å². The summed E-state index contributed by atoms with van der Waals surface area (Å²) in [7, 11) is 0. The van der Waals surface area contributed by atoms with Gasteiger partial charge >= 0.3 is 18.0 Å². The van der Waals surface area contributed by atoms with Gasteiger partial charge in [0.1, 0.15) is 25.5 Å². The first-order valence-corrected chi connectivity index (χ1v) is 14.6. The van der Waals surface area contributed by atoms with E-state index in [4.69, 9.17) is 14.2 Å². The van der Waals surface area contributed by atoms with E-state index in [0.717, 1.165) is 17.8 Å². The van der Waals surface area contributed by atoms with Gasteiger partial charge in [0.15, 0.2) is 0 Å². The lowest BCUT2D eigenvalue weighted by atomic mass is 9.83. The fraction of sp³-hybridized carbons (Fsp3) is 0.310. The minimum Gasteiger partial charge on any atom is -0.461 e. The number of benzene rings is 2. The van der Waals surface area contributed by atoms with Crippen LogP contribution in [0.4, 0.5) is 16.2 Å². The van der Waals surface area contributed by atoms with E-state index in [2.05, 4.69) is 5.32 Å². The molecule has 0 bridgehead atoms. The molecule has 2 aromatic rings. The predicted molar refractivity (Wildman–Crippen MR) is 159 cm³/mol. The highest BCUT2D eigenvalue weighted by molar-refractivity contribution is 8.05. The van der Waals surface area contributed by atoms with Crippen molar-refractivity contribution >= 4 is 47.1 Å². The SMILES string of the molecule is C[C@H](O)[C@H]1C(=O)N2C(C(=O)OCc3ccc([N+](=O)[O-])cc3)=C(SC=CC(=O)OCCNC(=O)OCc3ccc([N+](=O)[O-])cc3)C[C@H]12. The summed E-state index contributed by atoms with van der Waals surface area (Å²) in [5.41, 5.74) is 0.825. The number of fused-ring (bicyclic) bond motifs is 1. The number of carbonyl (C=O) groups is 4. The lowest BCUT2D eigenvalue weighted by Gasteiger charge is -2.44. The van der Waals surface area contributed by atoms with Crippen LogP contribution < -0.4 is 5.32 Å². The van der Waals surface area contributed by atoms with Crippen molar-refractivity contribution < 1.29 is 48.3 Å². The largest absolute Gasteiger partial charge is 0.461 e. The Bertz CT molecular complexity index is 1570. The lowest BCUT2D eigenvalue weighted by molar-refractivity contribution is -0.385. The number of nitrogens with one attached hydrogen (secondary N) is 1. The molecule has 0 saturated carbocycles. The third-order valence-electron chi connectivity index (χ3n) is 6.95. The molecule has 2 heterocycles. The average molecular weight is 657 g/mol. The van der Waals surface area contributed by atoms with Gasteiger partial charge in [-0.1, -0.05) is 11.8 Å². The summed E-state index contributed by atoms with van der Waals surface area (Å²) in [5, 5.41) is 35.4. The standard InChI is InChI=1S/C29H28N4O12S/c1-17(34)25-22-14-23(26(31(22)27(25)36)28(37)44-15-18-2-6-20(7-3-18)32(39)40)46-13-10-24(35)43-12-11-30-29(38)45-16-19-4-8-21(9-5-19)33(41)42/h2-10,13,17,22,25,34H,11-12,14-16H2,1H3,(H,30,38)/t17-,22+,25+/m0/s1. The minimum atomic E-state index is -0.936. The molecule has 46 heavy (non-hydrogen) atoms. The fourth-order valence-electron chi connectivity index (χ4n) is 4.70. The molecule has 2 aliphatic heterocycles. The van der Waals surface area contributed by atoms with Crippen molar-refractivity contribution in [3.05, 3.63) is 102 Å². The van der Waals surface area contributed by atoms with E-state index in [0.29, 0.717) is 16.0 Å². The van der Waals surface area contributed by atoms with Gasteiger partial charge in [-0.25, -0.2) is 14.4 Å². The van der Waals surface area contributed by atoms with Gasteiger partial charge in [0.2, 0.25) is 5.91 Å². The van der Waals surface area contributed by atoms with E-state index < -0.39 is 51.8 Å². The van der Waals surface area contributed by atoms with Crippen molar-refractivity contribution in [2.45, 2.75) is 38.7 Å². The summed E-state index contributed by atoms with van der Waals surface area (Å²) in [4.78, 5) is 72.0. The third kappa shape index (κ3) is 8.24. The number of amides is 2. The number of rotatable bonds is 14. The summed E-state index contributed by atoms with van der Waals surface area (Å²) < 4.78 is 15.4. The summed E-state index contributed by atoms with van der Waals surface area (Å²) in [5.74, 6) is -2.67. The van der Waals surface area contributed by atoms with Crippen LogP contribution in [0.15, 0.2) is 70.6 Å². The number of non-ortho nitro benzene ring substituents is 2. The predicted octanol–water partition coefficient (Wildman–Crippen LogP) is 3.09. The van der Waals surface area contributed by atoms with Gasteiger partial charge in [0.25, 0.3) is 11.4 Å². The second-order valence-corrected chi connectivity index (χ2v) is 11.0. The van der Waals surface area contributed by atoms with Crippen LogP contribution in [0.5, 0.6) is 0 Å². The molecule has 0 unspecified atom stereocenters. The van der Waals surface area contributed by atoms with Crippen molar-refractivity contribution in [3.8, 4) is 0 Å². The first kappa shape index (κ1) is 33.6. The molecule has 2 N–H and O–H groups in total. The first-order chi connectivity index (χ1) is 22.0. The average Bonchev–Trinajstić information content (AvgIpc) is 3.34. The molecule has 17 heteroatoms. The number of nitro benzene ring substituents is 2. The van der Waals surface area contributed by atoms with E-state index in [-0.39, 0.29) is 49.9 Å². The van der Waals surface area contributed by atoms with Crippen molar-refractivity contribution in [1.82, 2.24) is 10.2 Å². The first-order valence-electron chi connectivity index (χ1n) is 13.7. The van der Waals surface area contributed by atoms with E-state index >= 15 is 0 Å². The molecule has 242 valence electrons. The number of alkyl carbamates (subject to hydrolysis) is 1. The molecular formula is C29H28N4O12S. The number of hydrogen-bond donors (Lipinski definition) is 2. The molecule has 0 radical (unpaired) electrons. The third-order valence-corrected chi connectivity index (χ3v) is 7.86. The smallest absolute Gasteiger partial charge is 0.407 e. The van der Waals surface area contributed by atoms with E-state index in [1.165, 1.54) is 65.8 Å². The quantitative estimate of drug-likeness (QED) is 0.0569. The summed E-state index contributed by atoms with van der Waals surface area (Å²) in [6, 6.07) is 10.5. The van der Waals surface area contributed by atoms with Crippen LogP contribution in [-0.4, -0.2) is 69.1 Å². The fourth-order valence-corrected chi connectivity index (χ4v) is 5.60. The van der Waals surface area contributed by atoms with Crippen molar-refractivity contribution in [3.63, 3.8) is 0 Å². The highest BCUT2D eigenvalue weighted by atomic mass is 32.2. The summed E-state index contributed by atoms with van der Waals surface area (Å²) in [6.07, 6.45) is -0.363. The molecule has 0 spiro atoms. The number of nitrogens with zero attached hydrogens (tertiary/aromatic N) is 3. The molecule has 3 atom stereocenters. The van der Waals surface area contributed by atoms with Gasteiger partial charge < -0.3 is 29.5 Å². The van der Waals surface area contributed by atoms with Gasteiger partial charge in [-0.05, 0) is 47.7 Å². The van der Waals surface area contributed by atoms with Crippen molar-refractivity contribution in [1.29, 1.82) is 0 Å². The Morgan fingerprint density at radius 3 is 2.11 bits per heavy atom. The molecule has 2 amide bonds. The van der Waals surface area contributed by atoms with E-state index in [1.54, 1.807) is 0 Å². The zero-order valence-corrected chi connectivity index (χ0v) is 25.0. The van der Waals surface area contributed by atoms with Crippen LogP contribution in [-0.2, 0) is 41.8 Å². The molecular weight excluding hydrogens is 628 g/mol. The monoisotopic (exact) mass is 656 g/mol. The van der Waals surface area contributed by atoms with E-state index in [9.17, 15) is 44.5 Å². The number of esters is 2. The van der Waals surface area contributed by atoms with Gasteiger partial charge in [-0.15, -0.1) is 0 Å². The summed E-state index contributed by atoms with van der Waals surface area (Å²) >= 11 is 1.01. The Balaban J connectivity index is 1.25. The Kier molecular flexibility index (Phi) is 11.1. The second kappa shape index (κ2) is 15.1.